The minimum absolute atomic E-state index is 0. The number of benzene rings is 1. The molecule has 0 aliphatic carbocycles. The van der Waals surface area contributed by atoms with Crippen molar-refractivity contribution in [2.24, 2.45) is 0 Å². The zero-order chi connectivity index (χ0) is 21.1. The normalized spacial score (nSPS) is 11.3. The first-order valence-electron chi connectivity index (χ1n) is 5.35. The second kappa shape index (κ2) is 14.1. The van der Waals surface area contributed by atoms with E-state index in [1.165, 1.54) is 12.1 Å². The summed E-state index contributed by atoms with van der Waals surface area (Å²) in [6, 6.07) is 6.36. The molecule has 0 nitrogen and oxygen atoms in total. The van der Waals surface area contributed by atoms with Crippen LogP contribution in [-0.2, 0) is 6.18 Å². The molecule has 19 heteroatoms. The molecule has 1 aromatic rings. The Labute approximate surface area is 179 Å². The molecule has 0 spiro atoms. The zero-order valence-corrected chi connectivity index (χ0v) is 11.3. The van der Waals surface area contributed by atoms with E-state index >= 15 is 0 Å². The van der Waals surface area contributed by atoms with Crippen LogP contribution in [0.4, 0.5) is 65.0 Å². The molecule has 0 saturated carbocycles. The van der Waals surface area contributed by atoms with Crippen LogP contribution >= 0.6 is 0 Å². The Morgan fingerprint density at radius 3 is 0.808 bits per heavy atom. The molecule has 152 valence electrons. The van der Waals surface area contributed by atoms with E-state index in [4.69, 9.17) is 0 Å². The van der Waals surface area contributed by atoms with Gasteiger partial charge in [-0.2, -0.15) is 13.2 Å². The molecule has 0 fully saturated rings. The average Bonchev–Trinajstić information content (AvgIpc) is 2.22. The van der Waals surface area contributed by atoms with Crippen LogP contribution in [0.2, 0.25) is 0 Å². The summed E-state index contributed by atoms with van der Waals surface area (Å²) in [6.07, 6.45) is -4.21. The number of hydrogen-bond acceptors (Lipinski definition) is 0. The van der Waals surface area contributed by atoms with Crippen molar-refractivity contribution in [3.05, 3.63) is 35.9 Å². The number of hydrogen-bond donors (Lipinski definition) is 0. The van der Waals surface area contributed by atoms with Crippen LogP contribution in [0.15, 0.2) is 30.3 Å². The summed E-state index contributed by atoms with van der Waals surface area (Å²) < 4.78 is 152. The van der Waals surface area contributed by atoms with Gasteiger partial charge in [0.2, 0.25) is 0 Å². The molecule has 0 unspecified atom stereocenters. The topological polar surface area (TPSA) is 0 Å². The van der Waals surface area contributed by atoms with Gasteiger partial charge >= 0.3 is 79.3 Å². The van der Waals surface area contributed by atoms with Crippen LogP contribution in [0, 0.1) is 0 Å². The van der Waals surface area contributed by atoms with E-state index in [1.807, 2.05) is 0 Å². The minimum atomic E-state index is -6.00. The van der Waals surface area contributed by atoms with Crippen molar-refractivity contribution in [2.75, 3.05) is 0 Å². The summed E-state index contributed by atoms with van der Waals surface area (Å²) in [6.45, 7) is 0. The third-order valence-electron chi connectivity index (χ3n) is 1.10. The van der Waals surface area contributed by atoms with Crippen molar-refractivity contribution in [3.63, 3.8) is 0 Å². The fourth-order valence-corrected chi connectivity index (χ4v) is 0.627. The van der Waals surface area contributed by atoms with Crippen molar-refractivity contribution >= 4 is 73.1 Å². The van der Waals surface area contributed by atoms with E-state index < -0.39 is 33.5 Å². The van der Waals surface area contributed by atoms with Crippen LogP contribution < -0.4 is 0 Å². The van der Waals surface area contributed by atoms with Crippen LogP contribution in [0.25, 0.3) is 0 Å². The van der Waals surface area contributed by atoms with Crippen LogP contribution in [0.3, 0.4) is 0 Å². The van der Waals surface area contributed by atoms with Gasteiger partial charge in [-0.05, 0) is 0 Å². The summed E-state index contributed by atoms with van der Waals surface area (Å²) in [5.41, 5.74) is -0.602. The molecule has 0 atom stereocenters. The molecule has 1 rings (SSSR count). The Balaban J connectivity index is -0.000000132. The molecule has 0 saturated heterocycles. The van der Waals surface area contributed by atoms with E-state index in [0.717, 1.165) is 12.1 Å². The molecule has 1 aromatic carbocycles. The van der Waals surface area contributed by atoms with Gasteiger partial charge in [0.15, 0.2) is 0 Å². The standard InChI is InChI=1S/C7H5F3.3BF4.K.H/c8-7(9,10)6-4-2-1-3-5-6;3*2-1(3,4)5;;/h1-5H;;;;;/q;3*-1;;. The van der Waals surface area contributed by atoms with Gasteiger partial charge in [0.1, 0.15) is 0 Å². The molecule has 0 amide bonds. The SMILES string of the molecule is FC(F)(F)c1ccccc1.F[B-](F)(F)F.F[B-](F)(F)F.F[B-](F)(F)F.[KH]. The predicted molar refractivity (Wildman–Crippen MR) is 69.2 cm³/mol. The monoisotopic (exact) mass is 447 g/mol. The Hall–Kier alpha value is 0.00117. The first-order valence-corrected chi connectivity index (χ1v) is 5.35. The van der Waals surface area contributed by atoms with Crippen LogP contribution in [-0.4, -0.2) is 73.1 Å². The quantitative estimate of drug-likeness (QED) is 0.341. The van der Waals surface area contributed by atoms with Gasteiger partial charge in [-0.3, -0.25) is 0 Å². The third-order valence-corrected chi connectivity index (χ3v) is 1.10. The molecule has 0 aromatic heterocycles. The van der Waals surface area contributed by atoms with Gasteiger partial charge in [0.25, 0.3) is 0 Å². The Bertz CT molecular complexity index is 389. The van der Waals surface area contributed by atoms with Crippen molar-refractivity contribution < 1.29 is 65.0 Å². The van der Waals surface area contributed by atoms with Crippen molar-refractivity contribution in [1.29, 1.82) is 0 Å². The van der Waals surface area contributed by atoms with Crippen LogP contribution in [0.1, 0.15) is 5.56 Å². The predicted octanol–water partition coefficient (Wildman–Crippen LogP) is 5.96. The Morgan fingerprint density at radius 2 is 0.692 bits per heavy atom. The van der Waals surface area contributed by atoms with Crippen molar-refractivity contribution in [3.8, 4) is 0 Å². The van der Waals surface area contributed by atoms with Crippen molar-refractivity contribution in [1.82, 2.24) is 0 Å². The maximum atomic E-state index is 11.8. The van der Waals surface area contributed by atoms with Gasteiger partial charge in [-0.1, -0.05) is 30.3 Å². The zero-order valence-electron chi connectivity index (χ0n) is 11.3. The summed E-state index contributed by atoms with van der Waals surface area (Å²) in [4.78, 5) is 0. The number of rotatable bonds is 0. The summed E-state index contributed by atoms with van der Waals surface area (Å²) in [5.74, 6) is 0. The molecular formula is C7H6B3F15K-3. The van der Waals surface area contributed by atoms with Crippen LogP contribution in [0.5, 0.6) is 0 Å². The Kier molecular flexibility index (Phi) is 18.2. The molecule has 0 bridgehead atoms. The van der Waals surface area contributed by atoms with E-state index in [2.05, 4.69) is 0 Å². The molecular weight excluding hydrogens is 441 g/mol. The molecule has 0 aliphatic rings. The summed E-state index contributed by atoms with van der Waals surface area (Å²) in [5, 5.41) is 0. The van der Waals surface area contributed by atoms with Gasteiger partial charge < -0.3 is 51.8 Å². The summed E-state index contributed by atoms with van der Waals surface area (Å²) >= 11 is 0. The first kappa shape index (κ1) is 33.6. The van der Waals surface area contributed by atoms with E-state index in [0.29, 0.717) is 0 Å². The fraction of sp³-hybridized carbons (Fsp3) is 0.143. The molecule has 0 radical (unpaired) electrons. The average molecular weight is 447 g/mol. The van der Waals surface area contributed by atoms with Gasteiger partial charge in [-0.15, -0.1) is 0 Å². The fourth-order valence-electron chi connectivity index (χ4n) is 0.627. The second-order valence-electron chi connectivity index (χ2n) is 3.35. The van der Waals surface area contributed by atoms with Crippen molar-refractivity contribution in [2.45, 2.75) is 6.18 Å². The number of halogens is 15. The van der Waals surface area contributed by atoms with E-state index in [-0.39, 0.29) is 51.4 Å². The molecule has 0 aliphatic heterocycles. The van der Waals surface area contributed by atoms with E-state index in [9.17, 15) is 65.0 Å². The molecule has 0 N–H and O–H groups in total. The molecule has 0 heterocycles. The maximum absolute atomic E-state index is 11.8. The molecule has 26 heavy (non-hydrogen) atoms. The van der Waals surface area contributed by atoms with E-state index in [1.54, 1.807) is 6.07 Å². The second-order valence-corrected chi connectivity index (χ2v) is 3.35. The third kappa shape index (κ3) is 64.8. The summed E-state index contributed by atoms with van der Waals surface area (Å²) in [7, 11) is -18.0. The number of alkyl halides is 3. The Morgan fingerprint density at radius 1 is 0.500 bits per heavy atom. The van der Waals surface area contributed by atoms with Gasteiger partial charge in [-0.25, -0.2) is 0 Å². The van der Waals surface area contributed by atoms with Gasteiger partial charge in [0.05, 0.1) is 5.56 Å². The van der Waals surface area contributed by atoms with Gasteiger partial charge in [0, 0.05) is 0 Å². The first-order chi connectivity index (χ1) is 10.6.